The molecule has 0 aliphatic carbocycles. The van der Waals surface area contributed by atoms with Crippen LogP contribution in [0.4, 0.5) is 10.8 Å². The highest BCUT2D eigenvalue weighted by molar-refractivity contribution is 7.22. The Balaban J connectivity index is 1.91. The van der Waals surface area contributed by atoms with Gasteiger partial charge in [-0.1, -0.05) is 17.4 Å². The molecule has 0 N–H and O–H groups in total. The molecule has 3 aromatic rings. The normalized spacial score (nSPS) is 11.2. The van der Waals surface area contributed by atoms with Crippen molar-refractivity contribution in [2.45, 2.75) is 13.3 Å². The van der Waals surface area contributed by atoms with Crippen LogP contribution in [0.25, 0.3) is 10.2 Å². The zero-order valence-electron chi connectivity index (χ0n) is 17.3. The molecule has 3 rings (SSSR count). The lowest BCUT2D eigenvalue weighted by atomic mass is 10.1. The van der Waals surface area contributed by atoms with E-state index in [9.17, 15) is 4.79 Å². The van der Waals surface area contributed by atoms with E-state index in [4.69, 9.17) is 4.98 Å². The summed E-state index contributed by atoms with van der Waals surface area (Å²) in [5.74, 6) is -0.000148. The maximum atomic E-state index is 13.3. The predicted molar refractivity (Wildman–Crippen MR) is 120 cm³/mol. The first-order valence-electron chi connectivity index (χ1n) is 9.46. The van der Waals surface area contributed by atoms with Gasteiger partial charge in [0.05, 0.1) is 10.2 Å². The van der Waals surface area contributed by atoms with E-state index in [1.165, 1.54) is 5.56 Å². The molecule has 148 valence electrons. The van der Waals surface area contributed by atoms with E-state index < -0.39 is 0 Å². The highest BCUT2D eigenvalue weighted by Gasteiger charge is 2.21. The average molecular weight is 397 g/mol. The lowest BCUT2D eigenvalue weighted by Gasteiger charge is -2.21. The van der Waals surface area contributed by atoms with Crippen molar-refractivity contribution in [3.8, 4) is 0 Å². The van der Waals surface area contributed by atoms with E-state index in [0.717, 1.165) is 34.0 Å². The van der Waals surface area contributed by atoms with Crippen LogP contribution in [-0.4, -0.2) is 57.1 Å². The van der Waals surface area contributed by atoms with E-state index in [1.54, 1.807) is 11.3 Å². The van der Waals surface area contributed by atoms with Gasteiger partial charge >= 0.3 is 0 Å². The number of benzene rings is 2. The molecule has 0 radical (unpaired) electrons. The molecule has 1 aromatic heterocycles. The van der Waals surface area contributed by atoms with Crippen molar-refractivity contribution in [1.29, 1.82) is 0 Å². The lowest BCUT2D eigenvalue weighted by molar-refractivity contribution is 0.0986. The predicted octanol–water partition coefficient (Wildman–Crippen LogP) is 4.27. The molecule has 2 aromatic carbocycles. The number of aryl methyl sites for hydroxylation is 1. The summed E-state index contributed by atoms with van der Waals surface area (Å²) in [4.78, 5) is 24.0. The van der Waals surface area contributed by atoms with Crippen molar-refractivity contribution in [2.75, 3.05) is 51.1 Å². The number of aromatic nitrogens is 1. The number of thiazole rings is 1. The molecule has 0 saturated carbocycles. The Morgan fingerprint density at radius 3 is 2.36 bits per heavy atom. The summed E-state index contributed by atoms with van der Waals surface area (Å²) in [5, 5.41) is 0.765. The summed E-state index contributed by atoms with van der Waals surface area (Å²) in [5.41, 5.74) is 3.91. The van der Waals surface area contributed by atoms with Crippen LogP contribution in [0.5, 0.6) is 0 Å². The largest absolute Gasteiger partial charge is 0.378 e. The van der Waals surface area contributed by atoms with Crippen LogP contribution < -0.4 is 9.80 Å². The van der Waals surface area contributed by atoms with Gasteiger partial charge in [0.25, 0.3) is 5.91 Å². The molecule has 0 unspecified atom stereocenters. The van der Waals surface area contributed by atoms with Crippen molar-refractivity contribution >= 4 is 38.3 Å². The first-order valence-corrected chi connectivity index (χ1v) is 10.3. The first-order chi connectivity index (χ1) is 13.3. The summed E-state index contributed by atoms with van der Waals surface area (Å²) in [6.07, 6.45) is 0.892. The minimum absolute atomic E-state index is 0.000148. The molecule has 1 amide bonds. The maximum Gasteiger partial charge on any atom is 0.260 e. The van der Waals surface area contributed by atoms with Crippen LogP contribution in [0.1, 0.15) is 22.3 Å². The summed E-state index contributed by atoms with van der Waals surface area (Å²) in [6, 6.07) is 14.0. The molecule has 0 atom stereocenters. The summed E-state index contributed by atoms with van der Waals surface area (Å²) in [7, 11) is 8.08. The number of nitrogens with zero attached hydrogens (tertiary/aromatic N) is 4. The molecule has 0 fully saturated rings. The average Bonchev–Trinajstić information content (AvgIpc) is 3.07. The quantitative estimate of drug-likeness (QED) is 0.598. The fraction of sp³-hybridized carbons (Fsp3) is 0.364. The Bertz CT molecular complexity index is 947. The molecular formula is C22H28N4OS. The second-order valence-electron chi connectivity index (χ2n) is 7.52. The third kappa shape index (κ3) is 4.69. The molecule has 0 aliphatic heterocycles. The van der Waals surface area contributed by atoms with Gasteiger partial charge in [0.1, 0.15) is 0 Å². The van der Waals surface area contributed by atoms with E-state index in [1.807, 2.05) is 68.3 Å². The van der Waals surface area contributed by atoms with Crippen LogP contribution >= 0.6 is 11.3 Å². The lowest BCUT2D eigenvalue weighted by Crippen LogP contribution is -2.33. The number of amides is 1. The number of rotatable bonds is 7. The number of carbonyl (C=O) groups is 1. The zero-order valence-corrected chi connectivity index (χ0v) is 18.1. The molecule has 5 nitrogen and oxygen atoms in total. The molecule has 28 heavy (non-hydrogen) atoms. The number of hydrogen-bond donors (Lipinski definition) is 0. The third-order valence-electron chi connectivity index (χ3n) is 4.63. The van der Waals surface area contributed by atoms with Crippen LogP contribution in [0.15, 0.2) is 42.5 Å². The van der Waals surface area contributed by atoms with E-state index in [0.29, 0.717) is 12.1 Å². The third-order valence-corrected chi connectivity index (χ3v) is 5.67. The molecule has 0 saturated heterocycles. The van der Waals surface area contributed by atoms with Gasteiger partial charge in [-0.05, 0) is 75.9 Å². The van der Waals surface area contributed by atoms with Crippen molar-refractivity contribution in [3.05, 3.63) is 53.6 Å². The molecular weight excluding hydrogens is 368 g/mol. The fourth-order valence-corrected chi connectivity index (χ4v) is 4.11. The standard InChI is InChI=1S/C22H28N4OS/c1-16-7-12-19-20(15-16)28-22(23-19)26(14-6-13-24(2)3)21(27)17-8-10-18(11-9-17)25(4)5/h7-12,15H,6,13-14H2,1-5H3. The molecule has 0 aliphatic rings. The Hall–Kier alpha value is -2.44. The van der Waals surface area contributed by atoms with Gasteiger partial charge in [-0.2, -0.15) is 0 Å². The summed E-state index contributed by atoms with van der Waals surface area (Å²) >= 11 is 1.58. The topological polar surface area (TPSA) is 39.7 Å². The highest BCUT2D eigenvalue weighted by atomic mass is 32.1. The second-order valence-corrected chi connectivity index (χ2v) is 8.53. The second kappa shape index (κ2) is 8.71. The summed E-state index contributed by atoms with van der Waals surface area (Å²) < 4.78 is 1.11. The number of anilines is 2. The Morgan fingerprint density at radius 2 is 1.71 bits per heavy atom. The van der Waals surface area contributed by atoms with Crippen molar-refractivity contribution in [2.24, 2.45) is 0 Å². The van der Waals surface area contributed by atoms with Crippen LogP contribution in [-0.2, 0) is 0 Å². The van der Waals surface area contributed by atoms with Crippen molar-refractivity contribution < 1.29 is 4.79 Å². The van der Waals surface area contributed by atoms with Gasteiger partial charge in [0.2, 0.25) is 0 Å². The van der Waals surface area contributed by atoms with Gasteiger partial charge in [-0.25, -0.2) is 4.98 Å². The molecule has 1 heterocycles. The van der Waals surface area contributed by atoms with Crippen LogP contribution in [0.3, 0.4) is 0 Å². The zero-order chi connectivity index (χ0) is 20.3. The van der Waals surface area contributed by atoms with Crippen LogP contribution in [0.2, 0.25) is 0 Å². The first kappa shape index (κ1) is 20.3. The minimum Gasteiger partial charge on any atom is -0.378 e. The smallest absolute Gasteiger partial charge is 0.260 e. The van der Waals surface area contributed by atoms with Gasteiger partial charge in [-0.15, -0.1) is 0 Å². The highest BCUT2D eigenvalue weighted by Crippen LogP contribution is 2.30. The van der Waals surface area contributed by atoms with E-state index >= 15 is 0 Å². The number of hydrogen-bond acceptors (Lipinski definition) is 5. The number of fused-ring (bicyclic) bond motifs is 1. The van der Waals surface area contributed by atoms with Gasteiger partial charge in [0.15, 0.2) is 5.13 Å². The Morgan fingerprint density at radius 1 is 1.00 bits per heavy atom. The van der Waals surface area contributed by atoms with E-state index in [-0.39, 0.29) is 5.91 Å². The van der Waals surface area contributed by atoms with Gasteiger partial charge in [0, 0.05) is 31.9 Å². The van der Waals surface area contributed by atoms with E-state index in [2.05, 4.69) is 24.0 Å². The van der Waals surface area contributed by atoms with Crippen LogP contribution in [0, 0.1) is 6.92 Å². The van der Waals surface area contributed by atoms with Crippen molar-refractivity contribution in [3.63, 3.8) is 0 Å². The van der Waals surface area contributed by atoms with Gasteiger partial charge < -0.3 is 9.80 Å². The molecule has 0 bridgehead atoms. The maximum absolute atomic E-state index is 13.3. The fourth-order valence-electron chi connectivity index (χ4n) is 3.02. The monoisotopic (exact) mass is 396 g/mol. The minimum atomic E-state index is -0.000148. The van der Waals surface area contributed by atoms with Crippen molar-refractivity contribution in [1.82, 2.24) is 9.88 Å². The SMILES string of the molecule is Cc1ccc2nc(N(CCCN(C)C)C(=O)c3ccc(N(C)C)cc3)sc2c1. The van der Waals surface area contributed by atoms with Gasteiger partial charge in [-0.3, -0.25) is 9.69 Å². The Labute approximate surface area is 171 Å². The Kier molecular flexibility index (Phi) is 6.31. The molecule has 6 heteroatoms. The number of carbonyl (C=O) groups excluding carboxylic acids is 1. The molecule has 0 spiro atoms. The summed E-state index contributed by atoms with van der Waals surface area (Å²) in [6.45, 7) is 3.64.